The molecule has 0 saturated carbocycles. The van der Waals surface area contributed by atoms with Crippen LogP contribution < -0.4 is 0 Å². The van der Waals surface area contributed by atoms with E-state index in [9.17, 15) is 0 Å². The van der Waals surface area contributed by atoms with E-state index in [1.165, 1.54) is 0 Å². The van der Waals surface area contributed by atoms with Gasteiger partial charge in [0.25, 0.3) is 0 Å². The monoisotopic (exact) mass is 258 g/mol. The van der Waals surface area contributed by atoms with Gasteiger partial charge in [0, 0.05) is 17.1 Å². The molecular formula is FeN3O10-4. The molecule has 0 aromatic heterocycles. The molecule has 0 fully saturated rings. The molecule has 0 heterocycles. The molecule has 0 N–H and O–H groups in total. The third-order valence-corrected chi connectivity index (χ3v) is 0. The Morgan fingerprint density at radius 3 is 0.571 bits per heavy atom. The van der Waals surface area contributed by atoms with E-state index in [0.717, 1.165) is 0 Å². The minimum Gasteiger partial charge on any atom is -1.00 e. The van der Waals surface area contributed by atoms with Gasteiger partial charge in [0.15, 0.2) is 0 Å². The first-order chi connectivity index (χ1) is 5.20. The summed E-state index contributed by atoms with van der Waals surface area (Å²) in [5.74, 6) is 0. The van der Waals surface area contributed by atoms with Gasteiger partial charge in [-0.25, -0.2) is 0 Å². The molecule has 0 aliphatic carbocycles. The zero-order chi connectivity index (χ0) is 10.7. The second-order valence-corrected chi connectivity index (χ2v) is 0.671. The van der Waals surface area contributed by atoms with Crippen LogP contribution in [-0.2, 0) is 22.5 Å². The minimum absolute atomic E-state index is 0. The largest absolute Gasteiger partial charge is 1.00 e. The molecule has 14 heavy (non-hydrogen) atoms. The van der Waals surface area contributed by atoms with Crippen LogP contribution in [0.5, 0.6) is 0 Å². The standard InChI is InChI=1S/Fe.3NO3.O/c;3*2-1(3)4;/q;4*-1. The van der Waals surface area contributed by atoms with Crippen LogP contribution in [0.2, 0.25) is 0 Å². The van der Waals surface area contributed by atoms with Gasteiger partial charge < -0.3 is 51.4 Å². The zero-order valence-electron chi connectivity index (χ0n) is 5.78. The van der Waals surface area contributed by atoms with Gasteiger partial charge in [-0.15, -0.1) is 0 Å². The van der Waals surface area contributed by atoms with Crippen molar-refractivity contribution in [1.82, 2.24) is 0 Å². The second kappa shape index (κ2) is 22.5. The van der Waals surface area contributed by atoms with Gasteiger partial charge in [-0.05, 0) is 0 Å². The fourth-order valence-electron chi connectivity index (χ4n) is 0. The molecular weight excluding hydrogens is 258 g/mol. The fourth-order valence-corrected chi connectivity index (χ4v) is 0. The van der Waals surface area contributed by atoms with Crippen LogP contribution in [-0.4, -0.2) is 15.3 Å². The third-order valence-electron chi connectivity index (χ3n) is 0. The number of nitrogens with zero attached hydrogens (tertiary/aromatic N) is 3. The van der Waals surface area contributed by atoms with E-state index in [-0.39, 0.29) is 22.5 Å². The molecule has 87 valence electrons. The summed E-state index contributed by atoms with van der Waals surface area (Å²) >= 11 is 0. The smallest absolute Gasteiger partial charge is 0.0689 e. The summed E-state index contributed by atoms with van der Waals surface area (Å²) in [4.78, 5) is 24.8. The molecule has 0 unspecified atom stereocenters. The van der Waals surface area contributed by atoms with Gasteiger partial charge in [0.2, 0.25) is 0 Å². The summed E-state index contributed by atoms with van der Waals surface area (Å²) in [5, 5.41) is 44.2. The van der Waals surface area contributed by atoms with Crippen molar-refractivity contribution in [2.75, 3.05) is 0 Å². The van der Waals surface area contributed by atoms with Gasteiger partial charge in [0.1, 0.15) is 0 Å². The topological polar surface area (TPSA) is 227 Å². The quantitative estimate of drug-likeness (QED) is 0.298. The first-order valence-corrected chi connectivity index (χ1v) is 1.64. The summed E-state index contributed by atoms with van der Waals surface area (Å²) in [6, 6.07) is 0. The van der Waals surface area contributed by atoms with E-state index in [1.54, 1.807) is 0 Å². The van der Waals surface area contributed by atoms with Crippen molar-refractivity contribution in [3.05, 3.63) is 46.0 Å². The number of hydrogen-bond acceptors (Lipinski definition) is 10. The van der Waals surface area contributed by atoms with E-state index in [1.807, 2.05) is 0 Å². The Balaban J connectivity index is -0.0000000270. The van der Waals surface area contributed by atoms with Crippen molar-refractivity contribution >= 4 is 0 Å². The maximum absolute atomic E-state index is 8.25. The van der Waals surface area contributed by atoms with E-state index in [4.69, 9.17) is 46.0 Å². The Kier molecular flexibility index (Phi) is 47.5. The van der Waals surface area contributed by atoms with Crippen molar-refractivity contribution in [2.45, 2.75) is 0 Å². The molecule has 0 amide bonds. The maximum Gasteiger partial charge on any atom is 0.0689 e. The van der Waals surface area contributed by atoms with E-state index in [0.29, 0.717) is 0 Å². The molecule has 0 aromatic rings. The van der Waals surface area contributed by atoms with Crippen molar-refractivity contribution < 1.29 is 37.8 Å². The van der Waals surface area contributed by atoms with Crippen LogP contribution in [0.4, 0.5) is 0 Å². The number of hydrogen-bond donors (Lipinski definition) is 0. The fraction of sp³-hybridized carbons (Fsp3) is 0. The molecule has 0 spiro atoms. The van der Waals surface area contributed by atoms with Gasteiger partial charge in [-0.1, -0.05) is 0 Å². The third kappa shape index (κ3) is 225. The molecule has 1 radical (unpaired) electrons. The van der Waals surface area contributed by atoms with E-state index in [2.05, 4.69) is 0 Å². The predicted molar refractivity (Wildman–Crippen MR) is 31.8 cm³/mol. The van der Waals surface area contributed by atoms with Crippen LogP contribution in [0.3, 0.4) is 0 Å². The van der Waals surface area contributed by atoms with Crippen LogP contribution in [0, 0.1) is 46.0 Å². The van der Waals surface area contributed by atoms with Crippen LogP contribution in [0.1, 0.15) is 0 Å². The molecule has 14 heteroatoms. The first-order valence-electron chi connectivity index (χ1n) is 1.64. The van der Waals surface area contributed by atoms with E-state index >= 15 is 0 Å². The second-order valence-electron chi connectivity index (χ2n) is 0.671. The molecule has 0 saturated heterocycles. The Hall–Kier alpha value is -1.92. The molecule has 0 aliphatic heterocycles. The normalized spacial score (nSPS) is 5.14. The van der Waals surface area contributed by atoms with Crippen LogP contribution in [0.25, 0.3) is 0 Å². The molecule has 0 aromatic carbocycles. The van der Waals surface area contributed by atoms with Crippen molar-refractivity contribution in [3.8, 4) is 0 Å². The molecule has 0 atom stereocenters. The minimum atomic E-state index is -1.75. The molecule has 13 nitrogen and oxygen atoms in total. The SMILES string of the molecule is O=[N+]([O-])[O-].O=[N+]([O-])[O-].O=[N+]([O-])[O-].[Fe].[O-]. The van der Waals surface area contributed by atoms with Gasteiger partial charge >= 0.3 is 0 Å². The number of rotatable bonds is 0. The summed E-state index contributed by atoms with van der Waals surface area (Å²) < 4.78 is 0. The van der Waals surface area contributed by atoms with Crippen LogP contribution >= 0.6 is 0 Å². The molecule has 0 rings (SSSR count). The summed E-state index contributed by atoms with van der Waals surface area (Å²) in [7, 11) is 0. The Bertz CT molecular complexity index is 113. The van der Waals surface area contributed by atoms with Gasteiger partial charge in [-0.3, -0.25) is 0 Å². The zero-order valence-corrected chi connectivity index (χ0v) is 6.88. The maximum atomic E-state index is 8.25. The first kappa shape index (κ1) is 29.6. The van der Waals surface area contributed by atoms with Crippen molar-refractivity contribution in [3.63, 3.8) is 0 Å². The Morgan fingerprint density at radius 2 is 0.571 bits per heavy atom. The molecule has 0 bridgehead atoms. The predicted octanol–water partition coefficient (Wildman–Crippen LogP) is -0.839. The Labute approximate surface area is 84.7 Å². The summed E-state index contributed by atoms with van der Waals surface area (Å²) in [5.41, 5.74) is 0. The van der Waals surface area contributed by atoms with Crippen LogP contribution in [0.15, 0.2) is 0 Å². The summed E-state index contributed by atoms with van der Waals surface area (Å²) in [6.07, 6.45) is 0. The summed E-state index contributed by atoms with van der Waals surface area (Å²) in [6.45, 7) is 0. The van der Waals surface area contributed by atoms with E-state index < -0.39 is 15.3 Å². The Morgan fingerprint density at radius 1 is 0.571 bits per heavy atom. The van der Waals surface area contributed by atoms with Crippen molar-refractivity contribution in [1.29, 1.82) is 0 Å². The average Bonchev–Trinajstić information content (AvgIpc) is 1.54. The van der Waals surface area contributed by atoms with Gasteiger partial charge in [0.05, 0.1) is 15.3 Å². The van der Waals surface area contributed by atoms with Crippen molar-refractivity contribution in [2.24, 2.45) is 0 Å². The van der Waals surface area contributed by atoms with Gasteiger partial charge in [-0.2, -0.15) is 0 Å². The average molecular weight is 258 g/mol. The molecule has 0 aliphatic rings.